The Morgan fingerprint density at radius 2 is 1.71 bits per heavy atom. The summed E-state index contributed by atoms with van der Waals surface area (Å²) in [7, 11) is 0. The smallest absolute Gasteiger partial charge is 0.329 e. The van der Waals surface area contributed by atoms with E-state index in [1.54, 1.807) is 49.4 Å². The van der Waals surface area contributed by atoms with Crippen LogP contribution < -0.4 is 4.90 Å². The molecule has 2 aliphatic heterocycles. The number of ether oxygens (including phenoxy) is 1. The fraction of sp³-hybridized carbons (Fsp3) is 0.207. The zero-order valence-electron chi connectivity index (χ0n) is 19.1. The summed E-state index contributed by atoms with van der Waals surface area (Å²) < 4.78 is 19.4. The van der Waals surface area contributed by atoms with Gasteiger partial charge in [-0.05, 0) is 36.2 Å². The summed E-state index contributed by atoms with van der Waals surface area (Å²) in [4.78, 5) is 29.6. The van der Waals surface area contributed by atoms with Gasteiger partial charge in [0.15, 0.2) is 11.2 Å². The van der Waals surface area contributed by atoms with Crippen molar-refractivity contribution >= 4 is 23.5 Å². The molecule has 0 aliphatic carbocycles. The standard InChI is InChI=1S/C29H23FN2O3/c1-2-35-28(34)29(18-31)24-17-14-19-8-6-7-11-23(19)32(24)26(27(33)21-9-4-3-5-10-21)25(29)20-12-15-22(30)16-13-20/h3-17,24-26H,2H2,1H3/t24-,25-,26+,29-/m1/s1. The number of nitrogens with zero attached hydrogens (tertiary/aromatic N) is 2. The van der Waals surface area contributed by atoms with Crippen LogP contribution in [0.1, 0.15) is 34.3 Å². The average Bonchev–Trinajstić information content (AvgIpc) is 3.21. The van der Waals surface area contributed by atoms with Gasteiger partial charge in [-0.2, -0.15) is 5.26 Å². The number of halogens is 1. The number of anilines is 1. The Bertz CT molecular complexity index is 1350. The molecule has 0 spiro atoms. The van der Waals surface area contributed by atoms with E-state index < -0.39 is 35.2 Å². The quantitative estimate of drug-likeness (QED) is 0.384. The highest BCUT2D eigenvalue weighted by Crippen LogP contribution is 2.56. The van der Waals surface area contributed by atoms with Gasteiger partial charge in [-0.1, -0.05) is 72.8 Å². The number of rotatable bonds is 5. The maximum Gasteiger partial charge on any atom is 0.329 e. The van der Waals surface area contributed by atoms with Gasteiger partial charge in [-0.3, -0.25) is 9.59 Å². The van der Waals surface area contributed by atoms with Crippen LogP contribution >= 0.6 is 0 Å². The molecule has 0 N–H and O–H groups in total. The number of para-hydroxylation sites is 1. The topological polar surface area (TPSA) is 70.4 Å². The predicted molar refractivity (Wildman–Crippen MR) is 130 cm³/mol. The normalized spacial score (nSPS) is 24.3. The van der Waals surface area contributed by atoms with Crippen LogP contribution in [0, 0.1) is 22.6 Å². The highest BCUT2D eigenvalue weighted by atomic mass is 19.1. The van der Waals surface area contributed by atoms with Gasteiger partial charge < -0.3 is 9.64 Å². The molecule has 5 nitrogen and oxygen atoms in total. The first-order valence-corrected chi connectivity index (χ1v) is 11.5. The van der Waals surface area contributed by atoms with E-state index >= 15 is 0 Å². The van der Waals surface area contributed by atoms with Gasteiger partial charge in [0, 0.05) is 17.2 Å². The fourth-order valence-corrected chi connectivity index (χ4v) is 5.43. The molecule has 6 heteroatoms. The van der Waals surface area contributed by atoms with E-state index in [1.807, 2.05) is 41.3 Å². The summed E-state index contributed by atoms with van der Waals surface area (Å²) in [5.74, 6) is -2.27. The molecule has 1 fully saturated rings. The summed E-state index contributed by atoms with van der Waals surface area (Å²) in [6, 6.07) is 22.7. The van der Waals surface area contributed by atoms with Crippen LogP contribution in [0.15, 0.2) is 84.9 Å². The minimum Gasteiger partial charge on any atom is -0.465 e. The minimum atomic E-state index is -1.73. The Hall–Kier alpha value is -4.24. The third-order valence-electron chi connectivity index (χ3n) is 6.90. The first-order chi connectivity index (χ1) is 17.0. The molecule has 3 aromatic rings. The maximum absolute atomic E-state index is 14.1. The van der Waals surface area contributed by atoms with Crippen molar-refractivity contribution in [3.63, 3.8) is 0 Å². The van der Waals surface area contributed by atoms with Crippen molar-refractivity contribution in [3.8, 4) is 6.07 Å². The monoisotopic (exact) mass is 466 g/mol. The molecule has 5 rings (SSSR count). The number of carbonyl (C=O) groups is 2. The third kappa shape index (κ3) is 3.43. The molecule has 174 valence electrons. The SMILES string of the molecule is CCOC(=O)[C@@]1(C#N)[C@H](c2ccc(F)cc2)[C@@H](C(=O)c2ccccc2)N2c3ccccc3C=C[C@@H]21. The van der Waals surface area contributed by atoms with Crippen LogP contribution in [0.3, 0.4) is 0 Å². The Balaban J connectivity index is 1.81. The van der Waals surface area contributed by atoms with Crippen LogP contribution in [-0.4, -0.2) is 30.4 Å². The van der Waals surface area contributed by atoms with Crippen molar-refractivity contribution in [2.75, 3.05) is 11.5 Å². The average molecular weight is 467 g/mol. The Morgan fingerprint density at radius 1 is 1.03 bits per heavy atom. The second-order valence-electron chi connectivity index (χ2n) is 8.68. The summed E-state index contributed by atoms with van der Waals surface area (Å²) in [5, 5.41) is 10.7. The minimum absolute atomic E-state index is 0.0860. The van der Waals surface area contributed by atoms with E-state index in [9.17, 15) is 19.2 Å². The molecule has 0 unspecified atom stereocenters. The zero-order chi connectivity index (χ0) is 24.6. The van der Waals surface area contributed by atoms with Crippen LogP contribution in [-0.2, 0) is 9.53 Å². The van der Waals surface area contributed by atoms with Gasteiger partial charge in [0.05, 0.1) is 18.7 Å². The number of benzene rings is 3. The van der Waals surface area contributed by atoms with Crippen LogP contribution in [0.2, 0.25) is 0 Å². The van der Waals surface area contributed by atoms with Crippen molar-refractivity contribution in [1.29, 1.82) is 5.26 Å². The molecule has 2 aliphatic rings. The molecule has 2 heterocycles. The molecule has 1 saturated heterocycles. The number of Topliss-reactive ketones (excluding diaryl/α,β-unsaturated/α-hetero) is 1. The molecule has 0 bridgehead atoms. The number of carbonyl (C=O) groups excluding carboxylic acids is 2. The van der Waals surface area contributed by atoms with Crippen molar-refractivity contribution in [2.45, 2.75) is 24.9 Å². The number of fused-ring (bicyclic) bond motifs is 3. The van der Waals surface area contributed by atoms with E-state index in [0.29, 0.717) is 11.1 Å². The van der Waals surface area contributed by atoms with E-state index in [0.717, 1.165) is 11.3 Å². The molecule has 0 aromatic heterocycles. The second kappa shape index (κ2) is 8.84. The first-order valence-electron chi connectivity index (χ1n) is 11.5. The summed E-state index contributed by atoms with van der Waals surface area (Å²) in [6.45, 7) is 1.77. The van der Waals surface area contributed by atoms with E-state index in [2.05, 4.69) is 6.07 Å². The summed E-state index contributed by atoms with van der Waals surface area (Å²) in [6.07, 6.45) is 3.68. The Kier molecular flexibility index (Phi) is 5.70. The van der Waals surface area contributed by atoms with Gasteiger partial charge in [0.2, 0.25) is 0 Å². The maximum atomic E-state index is 14.1. The Morgan fingerprint density at radius 3 is 2.40 bits per heavy atom. The van der Waals surface area contributed by atoms with Crippen molar-refractivity contribution < 1.29 is 18.7 Å². The molecular weight excluding hydrogens is 443 g/mol. The van der Waals surface area contributed by atoms with Gasteiger partial charge in [-0.15, -0.1) is 0 Å². The van der Waals surface area contributed by atoms with Crippen molar-refractivity contribution in [2.24, 2.45) is 5.41 Å². The largest absolute Gasteiger partial charge is 0.465 e. The van der Waals surface area contributed by atoms with Crippen molar-refractivity contribution in [1.82, 2.24) is 0 Å². The number of hydrogen-bond donors (Lipinski definition) is 0. The highest BCUT2D eigenvalue weighted by Gasteiger charge is 2.67. The number of hydrogen-bond acceptors (Lipinski definition) is 5. The zero-order valence-corrected chi connectivity index (χ0v) is 19.1. The Labute approximate surface area is 203 Å². The highest BCUT2D eigenvalue weighted by molar-refractivity contribution is 6.06. The molecule has 3 aromatic carbocycles. The van der Waals surface area contributed by atoms with Crippen LogP contribution in [0.25, 0.3) is 6.08 Å². The predicted octanol–water partition coefficient (Wildman–Crippen LogP) is 5.15. The fourth-order valence-electron chi connectivity index (χ4n) is 5.43. The first kappa shape index (κ1) is 22.5. The summed E-state index contributed by atoms with van der Waals surface area (Å²) >= 11 is 0. The lowest BCUT2D eigenvalue weighted by Gasteiger charge is -2.36. The van der Waals surface area contributed by atoms with Crippen molar-refractivity contribution in [3.05, 3.63) is 107 Å². The molecule has 4 atom stereocenters. The third-order valence-corrected chi connectivity index (χ3v) is 6.90. The molecule has 0 radical (unpaired) electrons. The molecule has 35 heavy (non-hydrogen) atoms. The lowest BCUT2D eigenvalue weighted by atomic mass is 9.68. The summed E-state index contributed by atoms with van der Waals surface area (Å²) in [5.41, 5.74) is 0.893. The second-order valence-corrected chi connectivity index (χ2v) is 8.68. The van der Waals surface area contributed by atoms with Gasteiger partial charge in [-0.25, -0.2) is 4.39 Å². The van der Waals surface area contributed by atoms with E-state index in [4.69, 9.17) is 4.74 Å². The van der Waals surface area contributed by atoms with E-state index in [1.165, 1.54) is 12.1 Å². The molecule has 0 amide bonds. The van der Waals surface area contributed by atoms with Gasteiger partial charge in [0.1, 0.15) is 11.9 Å². The lowest BCUT2D eigenvalue weighted by molar-refractivity contribution is -0.152. The molecule has 0 saturated carbocycles. The molecular formula is C29H23FN2O3. The van der Waals surface area contributed by atoms with Crippen LogP contribution in [0.5, 0.6) is 0 Å². The number of ketones is 1. The van der Waals surface area contributed by atoms with Crippen LogP contribution in [0.4, 0.5) is 10.1 Å². The van der Waals surface area contributed by atoms with Gasteiger partial charge in [0.25, 0.3) is 0 Å². The lowest BCUT2D eigenvalue weighted by Crippen LogP contribution is -2.47. The van der Waals surface area contributed by atoms with Gasteiger partial charge >= 0.3 is 5.97 Å². The number of nitriles is 1. The van der Waals surface area contributed by atoms with E-state index in [-0.39, 0.29) is 12.4 Å². The number of esters is 1.